The van der Waals surface area contributed by atoms with Crippen LogP contribution < -0.4 is 0 Å². The first-order valence-corrected chi connectivity index (χ1v) is 5.73. The zero-order valence-corrected chi connectivity index (χ0v) is 8.44. The van der Waals surface area contributed by atoms with Crippen molar-refractivity contribution in [3.05, 3.63) is 24.8 Å². The Morgan fingerprint density at radius 2 is 2.36 bits per heavy atom. The monoisotopic (exact) mass is 216 g/mol. The van der Waals surface area contributed by atoms with E-state index in [2.05, 4.69) is 11.6 Å². The minimum atomic E-state index is -3.86. The van der Waals surface area contributed by atoms with E-state index in [9.17, 15) is 8.42 Å². The zero-order chi connectivity index (χ0) is 10.6. The zero-order valence-electron chi connectivity index (χ0n) is 7.63. The van der Waals surface area contributed by atoms with E-state index in [4.69, 9.17) is 4.55 Å². The lowest BCUT2D eigenvalue weighted by atomic mass is 10.3. The Labute approximate surface area is 82.8 Å². The van der Waals surface area contributed by atoms with Crippen LogP contribution in [0.25, 0.3) is 6.20 Å². The smallest absolute Gasteiger partial charge is 0.264 e. The van der Waals surface area contributed by atoms with Crippen LogP contribution in [0.5, 0.6) is 0 Å². The highest BCUT2D eigenvalue weighted by Crippen LogP contribution is 2.02. The van der Waals surface area contributed by atoms with E-state index < -0.39 is 10.1 Å². The maximum absolute atomic E-state index is 10.4. The molecule has 1 aromatic heterocycles. The normalized spacial score (nSPS) is 11.5. The first-order chi connectivity index (χ1) is 6.53. The highest BCUT2D eigenvalue weighted by Gasteiger charge is 2.06. The average Bonchev–Trinajstić information content (AvgIpc) is 2.49. The van der Waals surface area contributed by atoms with Crippen molar-refractivity contribution < 1.29 is 13.0 Å². The third-order valence-electron chi connectivity index (χ3n) is 1.75. The summed E-state index contributed by atoms with van der Waals surface area (Å²) in [6.45, 7) is 3.58. The van der Waals surface area contributed by atoms with Gasteiger partial charge in [-0.15, -0.1) is 0 Å². The van der Waals surface area contributed by atoms with Gasteiger partial charge < -0.3 is 4.57 Å². The van der Waals surface area contributed by atoms with Crippen molar-refractivity contribution in [2.24, 2.45) is 0 Å². The topological polar surface area (TPSA) is 72.2 Å². The first-order valence-electron chi connectivity index (χ1n) is 4.12. The number of rotatable bonds is 5. The second kappa shape index (κ2) is 4.39. The van der Waals surface area contributed by atoms with Crippen LogP contribution in [0.1, 0.15) is 12.2 Å². The van der Waals surface area contributed by atoms with E-state index in [1.165, 1.54) is 0 Å². The van der Waals surface area contributed by atoms with Crippen molar-refractivity contribution in [2.75, 3.05) is 5.75 Å². The van der Waals surface area contributed by atoms with Crippen molar-refractivity contribution in [1.82, 2.24) is 9.55 Å². The van der Waals surface area contributed by atoms with Crippen molar-refractivity contribution in [3.63, 3.8) is 0 Å². The molecule has 14 heavy (non-hydrogen) atoms. The van der Waals surface area contributed by atoms with E-state index in [0.717, 1.165) is 5.82 Å². The molecule has 1 heterocycles. The van der Waals surface area contributed by atoms with E-state index in [1.807, 2.05) is 0 Å². The Morgan fingerprint density at radius 1 is 1.64 bits per heavy atom. The molecule has 0 saturated heterocycles. The summed E-state index contributed by atoms with van der Waals surface area (Å²) < 4.78 is 31.1. The number of imidazole rings is 1. The number of aryl methyl sites for hydroxylation is 1. The minimum Gasteiger partial charge on any atom is -0.311 e. The molecule has 0 aliphatic rings. The molecule has 0 aliphatic heterocycles. The Morgan fingerprint density at radius 3 is 2.93 bits per heavy atom. The lowest BCUT2D eigenvalue weighted by Gasteiger charge is -2.00. The van der Waals surface area contributed by atoms with Crippen molar-refractivity contribution >= 4 is 16.3 Å². The molecule has 0 saturated carbocycles. The maximum atomic E-state index is 10.4. The standard InChI is InChI=1S/C8H12N2O3S/c1-2-10-6-5-9-8(10)4-3-7-14(11,12)13/h2,5-6H,1,3-4,7H2,(H,11,12,13). The second-order valence-electron chi connectivity index (χ2n) is 2.82. The van der Waals surface area contributed by atoms with Gasteiger partial charge in [0.2, 0.25) is 0 Å². The van der Waals surface area contributed by atoms with Crippen LogP contribution in [0.15, 0.2) is 19.0 Å². The number of nitrogens with zero attached hydrogens (tertiary/aromatic N) is 2. The highest BCUT2D eigenvalue weighted by atomic mass is 32.2. The van der Waals surface area contributed by atoms with Gasteiger partial charge in [0.15, 0.2) is 0 Å². The third kappa shape index (κ3) is 3.31. The maximum Gasteiger partial charge on any atom is 0.264 e. The largest absolute Gasteiger partial charge is 0.311 e. The molecule has 0 bridgehead atoms. The molecule has 0 fully saturated rings. The Kier molecular flexibility index (Phi) is 3.43. The predicted octanol–water partition coefficient (Wildman–Crippen LogP) is 0.804. The molecule has 0 spiro atoms. The Hall–Kier alpha value is -1.14. The van der Waals surface area contributed by atoms with Gasteiger partial charge in [-0.25, -0.2) is 4.98 Å². The molecule has 0 aliphatic carbocycles. The fourth-order valence-electron chi connectivity index (χ4n) is 1.12. The predicted molar refractivity (Wildman–Crippen MR) is 53.4 cm³/mol. The van der Waals surface area contributed by atoms with Crippen LogP contribution in [0.3, 0.4) is 0 Å². The van der Waals surface area contributed by atoms with E-state index in [1.54, 1.807) is 23.2 Å². The van der Waals surface area contributed by atoms with Crippen LogP contribution in [0, 0.1) is 0 Å². The summed E-state index contributed by atoms with van der Waals surface area (Å²) in [6.07, 6.45) is 5.79. The summed E-state index contributed by atoms with van der Waals surface area (Å²) >= 11 is 0. The van der Waals surface area contributed by atoms with Gasteiger partial charge in [0.05, 0.1) is 5.75 Å². The van der Waals surface area contributed by atoms with Crippen LogP contribution in [0.2, 0.25) is 0 Å². The number of hydrogen-bond donors (Lipinski definition) is 1. The third-order valence-corrected chi connectivity index (χ3v) is 2.55. The number of hydrogen-bond acceptors (Lipinski definition) is 3. The summed E-state index contributed by atoms with van der Waals surface area (Å²) in [7, 11) is -3.86. The van der Waals surface area contributed by atoms with Gasteiger partial charge in [-0.1, -0.05) is 6.58 Å². The molecular formula is C8H12N2O3S. The Bertz CT molecular complexity index is 408. The summed E-state index contributed by atoms with van der Waals surface area (Å²) in [5, 5.41) is 0. The number of aromatic nitrogens is 2. The fraction of sp³-hybridized carbons (Fsp3) is 0.375. The minimum absolute atomic E-state index is 0.239. The fourth-order valence-corrected chi connectivity index (χ4v) is 1.63. The summed E-state index contributed by atoms with van der Waals surface area (Å²) in [6, 6.07) is 0. The highest BCUT2D eigenvalue weighted by molar-refractivity contribution is 7.85. The van der Waals surface area contributed by atoms with Crippen molar-refractivity contribution in [3.8, 4) is 0 Å². The van der Waals surface area contributed by atoms with Gasteiger partial charge in [-0.05, 0) is 6.42 Å². The molecule has 78 valence electrons. The summed E-state index contributed by atoms with van der Waals surface area (Å²) in [5.74, 6) is 0.500. The van der Waals surface area contributed by atoms with Gasteiger partial charge in [-0.3, -0.25) is 4.55 Å². The molecule has 0 aromatic carbocycles. The second-order valence-corrected chi connectivity index (χ2v) is 4.39. The van der Waals surface area contributed by atoms with E-state index in [-0.39, 0.29) is 5.75 Å². The van der Waals surface area contributed by atoms with E-state index in [0.29, 0.717) is 12.8 Å². The first kappa shape index (κ1) is 10.9. The molecule has 6 heteroatoms. The molecule has 5 nitrogen and oxygen atoms in total. The molecule has 0 atom stereocenters. The summed E-state index contributed by atoms with van der Waals surface area (Å²) in [4.78, 5) is 4.02. The SMILES string of the molecule is C=Cn1ccnc1CCCS(=O)(=O)O. The van der Waals surface area contributed by atoms with Crippen LogP contribution in [-0.2, 0) is 16.5 Å². The molecule has 1 aromatic rings. The Balaban J connectivity index is 2.50. The van der Waals surface area contributed by atoms with Gasteiger partial charge in [0, 0.05) is 25.0 Å². The van der Waals surface area contributed by atoms with E-state index >= 15 is 0 Å². The average molecular weight is 216 g/mol. The lowest BCUT2D eigenvalue weighted by Crippen LogP contribution is -2.06. The molecule has 0 amide bonds. The van der Waals surface area contributed by atoms with Gasteiger partial charge in [-0.2, -0.15) is 8.42 Å². The molecule has 1 rings (SSSR count). The van der Waals surface area contributed by atoms with Crippen LogP contribution >= 0.6 is 0 Å². The van der Waals surface area contributed by atoms with Crippen molar-refractivity contribution in [1.29, 1.82) is 0 Å². The molecule has 0 radical (unpaired) electrons. The lowest BCUT2D eigenvalue weighted by molar-refractivity contribution is 0.481. The molecule has 0 unspecified atom stereocenters. The van der Waals surface area contributed by atoms with Gasteiger partial charge in [0.25, 0.3) is 10.1 Å². The van der Waals surface area contributed by atoms with Gasteiger partial charge in [0.1, 0.15) is 5.82 Å². The van der Waals surface area contributed by atoms with Crippen molar-refractivity contribution in [2.45, 2.75) is 12.8 Å². The van der Waals surface area contributed by atoms with Crippen LogP contribution in [0.4, 0.5) is 0 Å². The summed E-state index contributed by atoms with van der Waals surface area (Å²) in [5.41, 5.74) is 0. The van der Waals surface area contributed by atoms with Crippen LogP contribution in [-0.4, -0.2) is 28.3 Å². The van der Waals surface area contributed by atoms with Gasteiger partial charge >= 0.3 is 0 Å². The quantitative estimate of drug-likeness (QED) is 0.739. The molecule has 1 N–H and O–H groups in total. The molecular weight excluding hydrogens is 204 g/mol.